The Morgan fingerprint density at radius 1 is 1.47 bits per heavy atom. The third kappa shape index (κ3) is 4.46. The van der Waals surface area contributed by atoms with E-state index in [4.69, 9.17) is 5.11 Å². The van der Waals surface area contributed by atoms with Crippen LogP contribution >= 0.6 is 0 Å². The molecule has 0 aromatic rings. The van der Waals surface area contributed by atoms with Crippen molar-refractivity contribution >= 4 is 5.91 Å². The number of amides is 1. The largest absolute Gasteiger partial charge is 0.396 e. The number of carbonyl (C=O) groups excluding carboxylic acids is 1. The van der Waals surface area contributed by atoms with Gasteiger partial charge < -0.3 is 10.4 Å². The van der Waals surface area contributed by atoms with Crippen molar-refractivity contribution in [1.29, 1.82) is 0 Å². The summed E-state index contributed by atoms with van der Waals surface area (Å²) in [4.78, 5) is 11.7. The van der Waals surface area contributed by atoms with E-state index in [0.717, 1.165) is 12.8 Å². The maximum absolute atomic E-state index is 13.8. The van der Waals surface area contributed by atoms with Gasteiger partial charge >= 0.3 is 0 Å². The number of halogens is 1. The Labute approximate surface area is 102 Å². The minimum absolute atomic E-state index is 0.0821. The van der Waals surface area contributed by atoms with Crippen LogP contribution in [0.15, 0.2) is 11.4 Å². The van der Waals surface area contributed by atoms with Gasteiger partial charge in [0.05, 0.1) is 0 Å². The van der Waals surface area contributed by atoms with Crippen LogP contribution in [0, 0.1) is 5.92 Å². The van der Waals surface area contributed by atoms with Gasteiger partial charge in [0.2, 0.25) is 0 Å². The van der Waals surface area contributed by atoms with Gasteiger partial charge in [0, 0.05) is 12.1 Å². The molecule has 1 saturated carbocycles. The number of aliphatic hydroxyl groups is 1. The number of nitrogens with one attached hydrogen (secondary N) is 1. The fourth-order valence-corrected chi connectivity index (χ4v) is 1.82. The van der Waals surface area contributed by atoms with Gasteiger partial charge in [0.15, 0.2) is 5.83 Å². The summed E-state index contributed by atoms with van der Waals surface area (Å²) in [7, 11) is 0. The Morgan fingerprint density at radius 2 is 2.06 bits per heavy atom. The van der Waals surface area contributed by atoms with Gasteiger partial charge in [-0.25, -0.2) is 4.39 Å². The minimum Gasteiger partial charge on any atom is -0.396 e. The van der Waals surface area contributed by atoms with Crippen LogP contribution in [-0.4, -0.2) is 23.2 Å². The molecule has 1 fully saturated rings. The highest BCUT2D eigenvalue weighted by Gasteiger charge is 2.29. The molecule has 0 saturated heterocycles. The topological polar surface area (TPSA) is 49.3 Å². The molecule has 0 atom stereocenters. The van der Waals surface area contributed by atoms with Crippen LogP contribution < -0.4 is 5.32 Å². The molecule has 98 valence electrons. The number of rotatable bonds is 6. The molecule has 1 aliphatic carbocycles. The number of aliphatic hydroxyl groups excluding tert-OH is 1. The number of allylic oxidation sites excluding steroid dienone is 1. The van der Waals surface area contributed by atoms with Gasteiger partial charge in [-0.1, -0.05) is 0 Å². The maximum Gasteiger partial charge on any atom is 0.280 e. The van der Waals surface area contributed by atoms with Crippen molar-refractivity contribution in [2.45, 2.75) is 52.0 Å². The molecule has 0 aromatic heterocycles. The molecule has 2 N–H and O–H groups in total. The van der Waals surface area contributed by atoms with Gasteiger partial charge in [0.1, 0.15) is 0 Å². The zero-order valence-corrected chi connectivity index (χ0v) is 10.8. The third-order valence-corrected chi connectivity index (χ3v) is 3.15. The number of hydrogen-bond donors (Lipinski definition) is 2. The van der Waals surface area contributed by atoms with Crippen molar-refractivity contribution in [2.75, 3.05) is 6.61 Å². The minimum atomic E-state index is -0.635. The normalized spacial score (nSPS) is 17.7. The lowest BCUT2D eigenvalue weighted by molar-refractivity contribution is -0.120. The van der Waals surface area contributed by atoms with Crippen molar-refractivity contribution in [3.63, 3.8) is 0 Å². The smallest absolute Gasteiger partial charge is 0.280 e. The van der Waals surface area contributed by atoms with E-state index in [1.807, 2.05) is 13.8 Å². The second-order valence-corrected chi connectivity index (χ2v) is 5.44. The molecular weight excluding hydrogens is 221 g/mol. The fraction of sp³-hybridized carbons (Fsp3) is 0.769. The molecule has 0 unspecified atom stereocenters. The fourth-order valence-electron chi connectivity index (χ4n) is 1.82. The van der Waals surface area contributed by atoms with Crippen LogP contribution in [0.25, 0.3) is 0 Å². The first-order chi connectivity index (χ1) is 7.87. The molecule has 17 heavy (non-hydrogen) atoms. The molecule has 0 spiro atoms. The first-order valence-corrected chi connectivity index (χ1v) is 6.17. The zero-order chi connectivity index (χ0) is 13.1. The number of hydrogen-bond acceptors (Lipinski definition) is 2. The molecule has 0 heterocycles. The molecule has 4 heteroatoms. The van der Waals surface area contributed by atoms with Crippen molar-refractivity contribution in [3.8, 4) is 0 Å². The highest BCUT2D eigenvalue weighted by atomic mass is 19.1. The molecule has 0 aliphatic heterocycles. The Morgan fingerprint density at radius 3 is 2.53 bits per heavy atom. The van der Waals surface area contributed by atoms with E-state index in [-0.39, 0.29) is 12.5 Å². The van der Waals surface area contributed by atoms with Gasteiger partial charge in [-0.2, -0.15) is 0 Å². The highest BCUT2D eigenvalue weighted by Crippen LogP contribution is 2.38. The Hall–Kier alpha value is -0.900. The Balaban J connectivity index is 2.55. The second kappa shape index (κ2) is 5.63. The summed E-state index contributed by atoms with van der Waals surface area (Å²) < 4.78 is 13.8. The first kappa shape index (κ1) is 14.2. The molecule has 0 radical (unpaired) electrons. The zero-order valence-electron chi connectivity index (χ0n) is 10.8. The third-order valence-electron chi connectivity index (χ3n) is 3.15. The molecule has 1 amide bonds. The van der Waals surface area contributed by atoms with Crippen LogP contribution in [0.4, 0.5) is 4.39 Å². The van der Waals surface area contributed by atoms with Crippen molar-refractivity contribution in [3.05, 3.63) is 11.4 Å². The first-order valence-electron chi connectivity index (χ1n) is 6.17. The van der Waals surface area contributed by atoms with Crippen LogP contribution in [-0.2, 0) is 4.79 Å². The van der Waals surface area contributed by atoms with Crippen molar-refractivity contribution in [1.82, 2.24) is 5.32 Å². The standard InChI is InChI=1S/C13H22FNO2/c1-9(10-5-6-10)11(14)12(17)15-13(2,3)7-4-8-16/h10,16H,4-8H2,1-3H3,(H,15,17)/b11-9-. The van der Waals surface area contributed by atoms with E-state index in [0.29, 0.717) is 18.4 Å². The van der Waals surface area contributed by atoms with Crippen LogP contribution in [0.5, 0.6) is 0 Å². The SMILES string of the molecule is C/C(=C(/F)C(=O)NC(C)(C)CCCO)C1CC1. The Bertz CT molecular complexity index is 319. The summed E-state index contributed by atoms with van der Waals surface area (Å²) in [5, 5.41) is 11.4. The van der Waals surface area contributed by atoms with E-state index < -0.39 is 17.3 Å². The molecule has 0 aromatic carbocycles. The summed E-state index contributed by atoms with van der Waals surface area (Å²) >= 11 is 0. The molecule has 1 rings (SSSR count). The second-order valence-electron chi connectivity index (χ2n) is 5.44. The van der Waals surface area contributed by atoms with E-state index in [1.54, 1.807) is 6.92 Å². The molecular formula is C13H22FNO2. The van der Waals surface area contributed by atoms with Crippen LogP contribution in [0.3, 0.4) is 0 Å². The summed E-state index contributed by atoms with van der Waals surface area (Å²) in [6.07, 6.45) is 3.20. The molecule has 0 bridgehead atoms. The van der Waals surface area contributed by atoms with Gasteiger partial charge in [-0.3, -0.25) is 4.79 Å². The van der Waals surface area contributed by atoms with Crippen LogP contribution in [0.2, 0.25) is 0 Å². The van der Waals surface area contributed by atoms with Gasteiger partial charge in [-0.05, 0) is 57.9 Å². The summed E-state index contributed by atoms with van der Waals surface area (Å²) in [5.74, 6) is -0.997. The maximum atomic E-state index is 13.8. The van der Waals surface area contributed by atoms with Gasteiger partial charge in [-0.15, -0.1) is 0 Å². The Kier molecular flexibility index (Phi) is 4.69. The average molecular weight is 243 g/mol. The summed E-state index contributed by atoms with van der Waals surface area (Å²) in [6.45, 7) is 5.44. The summed E-state index contributed by atoms with van der Waals surface area (Å²) in [6, 6.07) is 0. The molecule has 3 nitrogen and oxygen atoms in total. The van der Waals surface area contributed by atoms with E-state index in [1.165, 1.54) is 0 Å². The molecule has 1 aliphatic rings. The van der Waals surface area contributed by atoms with E-state index >= 15 is 0 Å². The lowest BCUT2D eigenvalue weighted by Gasteiger charge is -2.25. The number of carbonyl (C=O) groups is 1. The average Bonchev–Trinajstić information content (AvgIpc) is 3.07. The van der Waals surface area contributed by atoms with Crippen molar-refractivity contribution in [2.24, 2.45) is 5.92 Å². The van der Waals surface area contributed by atoms with E-state index in [2.05, 4.69) is 5.32 Å². The lowest BCUT2D eigenvalue weighted by atomic mass is 9.98. The van der Waals surface area contributed by atoms with E-state index in [9.17, 15) is 9.18 Å². The highest BCUT2D eigenvalue weighted by molar-refractivity contribution is 5.92. The van der Waals surface area contributed by atoms with Crippen LogP contribution in [0.1, 0.15) is 46.5 Å². The quantitative estimate of drug-likeness (QED) is 0.703. The lowest BCUT2D eigenvalue weighted by Crippen LogP contribution is -2.43. The van der Waals surface area contributed by atoms with Crippen molar-refractivity contribution < 1.29 is 14.3 Å². The predicted octanol–water partition coefficient (Wildman–Crippen LogP) is 2.31. The monoisotopic (exact) mass is 243 g/mol. The predicted molar refractivity (Wildman–Crippen MR) is 65.1 cm³/mol. The van der Waals surface area contributed by atoms with Gasteiger partial charge in [0.25, 0.3) is 5.91 Å². The summed E-state index contributed by atoms with van der Waals surface area (Å²) in [5.41, 5.74) is 0.0847.